The minimum absolute atomic E-state index is 0. The molecule has 0 radical (unpaired) electrons. The molecule has 2 N–H and O–H groups in total. The van der Waals surface area contributed by atoms with Gasteiger partial charge in [0.2, 0.25) is 0 Å². The molecule has 1 aliphatic heterocycles. The molecule has 6 heteroatoms. The quantitative estimate of drug-likeness (QED) is 0.363. The molecule has 0 saturated carbocycles. The maximum Gasteiger partial charge on any atom is 0.191 e. The monoisotopic (exact) mass is 473 g/mol. The SMILES string of the molecule is CCC1CCCCN1CCNC(=NC)NCc1ccc(N(C)C)cc1.I. The lowest BCUT2D eigenvalue weighted by molar-refractivity contribution is 0.147. The first-order valence-corrected chi connectivity index (χ1v) is 9.59. The van der Waals surface area contributed by atoms with E-state index in [1.54, 1.807) is 0 Å². The predicted molar refractivity (Wildman–Crippen MR) is 124 cm³/mol. The van der Waals surface area contributed by atoms with Crippen LogP contribution in [-0.2, 0) is 6.54 Å². The number of aliphatic imine (C=N–C) groups is 1. The fourth-order valence-electron chi connectivity index (χ4n) is 3.45. The third-order valence-corrected chi connectivity index (χ3v) is 5.05. The fourth-order valence-corrected chi connectivity index (χ4v) is 3.45. The Balaban J connectivity index is 0.00000338. The minimum Gasteiger partial charge on any atom is -0.378 e. The van der Waals surface area contributed by atoms with Crippen LogP contribution in [0, 0.1) is 0 Å². The van der Waals surface area contributed by atoms with Crippen molar-refractivity contribution in [2.45, 2.75) is 45.2 Å². The van der Waals surface area contributed by atoms with Crippen LogP contribution in [0.15, 0.2) is 29.3 Å². The molecule has 0 spiro atoms. The lowest BCUT2D eigenvalue weighted by Gasteiger charge is -2.35. The van der Waals surface area contributed by atoms with Gasteiger partial charge < -0.3 is 15.5 Å². The predicted octanol–water partition coefficient (Wildman–Crippen LogP) is 3.30. The molecule has 1 atom stereocenters. The van der Waals surface area contributed by atoms with Gasteiger partial charge in [0.15, 0.2) is 5.96 Å². The summed E-state index contributed by atoms with van der Waals surface area (Å²) < 4.78 is 0. The van der Waals surface area contributed by atoms with E-state index < -0.39 is 0 Å². The average molecular weight is 473 g/mol. The number of piperidine rings is 1. The van der Waals surface area contributed by atoms with Gasteiger partial charge in [0, 0.05) is 52.5 Å². The summed E-state index contributed by atoms with van der Waals surface area (Å²) in [6, 6.07) is 9.38. The van der Waals surface area contributed by atoms with Gasteiger partial charge in [-0.2, -0.15) is 0 Å². The maximum absolute atomic E-state index is 4.34. The van der Waals surface area contributed by atoms with E-state index in [0.29, 0.717) is 0 Å². The standard InChI is InChI=1S/C20H35N5.HI/c1-5-18-8-6-7-14-25(18)15-13-22-20(21-2)23-16-17-9-11-19(12-10-17)24(3)4;/h9-12,18H,5-8,13-16H2,1-4H3,(H2,21,22,23);1H. The van der Waals surface area contributed by atoms with E-state index in [4.69, 9.17) is 0 Å². The molecule has 1 saturated heterocycles. The lowest BCUT2D eigenvalue weighted by atomic mass is 10.0. The van der Waals surface area contributed by atoms with Crippen molar-refractivity contribution in [3.05, 3.63) is 29.8 Å². The molecular weight excluding hydrogens is 437 g/mol. The van der Waals surface area contributed by atoms with Gasteiger partial charge in [-0.3, -0.25) is 9.89 Å². The van der Waals surface area contributed by atoms with Gasteiger partial charge >= 0.3 is 0 Å². The largest absolute Gasteiger partial charge is 0.378 e. The van der Waals surface area contributed by atoms with Gasteiger partial charge in [-0.1, -0.05) is 25.5 Å². The number of hydrogen-bond acceptors (Lipinski definition) is 3. The Labute approximate surface area is 176 Å². The van der Waals surface area contributed by atoms with E-state index in [0.717, 1.165) is 31.6 Å². The highest BCUT2D eigenvalue weighted by molar-refractivity contribution is 14.0. The van der Waals surface area contributed by atoms with Crippen LogP contribution in [0.5, 0.6) is 0 Å². The van der Waals surface area contributed by atoms with Gasteiger partial charge in [-0.25, -0.2) is 0 Å². The highest BCUT2D eigenvalue weighted by atomic mass is 127. The summed E-state index contributed by atoms with van der Waals surface area (Å²) in [5.41, 5.74) is 2.48. The van der Waals surface area contributed by atoms with Crippen LogP contribution in [0.3, 0.4) is 0 Å². The Morgan fingerprint density at radius 2 is 1.92 bits per heavy atom. The van der Waals surface area contributed by atoms with E-state index in [9.17, 15) is 0 Å². The van der Waals surface area contributed by atoms with Crippen molar-refractivity contribution in [3.63, 3.8) is 0 Å². The van der Waals surface area contributed by atoms with Crippen molar-refractivity contribution >= 4 is 35.6 Å². The number of anilines is 1. The average Bonchev–Trinajstić information content (AvgIpc) is 2.65. The van der Waals surface area contributed by atoms with Crippen LogP contribution in [0.2, 0.25) is 0 Å². The number of likely N-dealkylation sites (tertiary alicyclic amines) is 1. The minimum atomic E-state index is 0. The van der Waals surface area contributed by atoms with Crippen LogP contribution in [0.1, 0.15) is 38.2 Å². The van der Waals surface area contributed by atoms with Crippen molar-refractivity contribution in [2.75, 3.05) is 45.7 Å². The Morgan fingerprint density at radius 3 is 2.54 bits per heavy atom. The maximum atomic E-state index is 4.34. The second-order valence-corrected chi connectivity index (χ2v) is 7.01. The van der Waals surface area contributed by atoms with Crippen molar-refractivity contribution < 1.29 is 0 Å². The zero-order valence-corrected chi connectivity index (χ0v) is 19.1. The van der Waals surface area contributed by atoms with E-state index in [-0.39, 0.29) is 24.0 Å². The van der Waals surface area contributed by atoms with E-state index in [1.807, 2.05) is 7.05 Å². The van der Waals surface area contributed by atoms with Crippen LogP contribution >= 0.6 is 24.0 Å². The van der Waals surface area contributed by atoms with Crippen LogP contribution < -0.4 is 15.5 Å². The Bertz CT molecular complexity index is 530. The highest BCUT2D eigenvalue weighted by Gasteiger charge is 2.19. The number of nitrogens with one attached hydrogen (secondary N) is 2. The topological polar surface area (TPSA) is 42.9 Å². The third kappa shape index (κ3) is 7.31. The molecule has 1 aromatic rings. The fraction of sp³-hybridized carbons (Fsp3) is 0.650. The Morgan fingerprint density at radius 1 is 1.19 bits per heavy atom. The van der Waals surface area contributed by atoms with Crippen LogP contribution in [0.25, 0.3) is 0 Å². The molecule has 1 unspecified atom stereocenters. The number of guanidine groups is 1. The molecule has 148 valence electrons. The lowest BCUT2D eigenvalue weighted by Crippen LogP contribution is -2.45. The summed E-state index contributed by atoms with van der Waals surface area (Å²) in [7, 11) is 5.95. The summed E-state index contributed by atoms with van der Waals surface area (Å²) >= 11 is 0. The summed E-state index contributed by atoms with van der Waals surface area (Å²) in [4.78, 5) is 9.08. The molecule has 1 aliphatic rings. The van der Waals surface area contributed by atoms with Gasteiger partial charge in [-0.05, 0) is 43.5 Å². The van der Waals surface area contributed by atoms with Crippen LogP contribution in [-0.4, -0.2) is 57.7 Å². The van der Waals surface area contributed by atoms with Gasteiger partial charge in [0.25, 0.3) is 0 Å². The second-order valence-electron chi connectivity index (χ2n) is 7.01. The van der Waals surface area contributed by atoms with E-state index in [2.05, 4.69) is 70.7 Å². The summed E-state index contributed by atoms with van der Waals surface area (Å²) in [6.45, 7) is 6.37. The molecule has 1 aromatic carbocycles. The van der Waals surface area contributed by atoms with Crippen molar-refractivity contribution in [3.8, 4) is 0 Å². The van der Waals surface area contributed by atoms with Gasteiger partial charge in [0.1, 0.15) is 0 Å². The molecule has 5 nitrogen and oxygen atoms in total. The van der Waals surface area contributed by atoms with Crippen LogP contribution in [0.4, 0.5) is 5.69 Å². The van der Waals surface area contributed by atoms with E-state index in [1.165, 1.54) is 43.5 Å². The molecule has 2 rings (SSSR count). The summed E-state index contributed by atoms with van der Waals surface area (Å²) in [5.74, 6) is 0.877. The number of benzene rings is 1. The molecule has 0 aliphatic carbocycles. The normalized spacial score (nSPS) is 18.2. The molecule has 0 bridgehead atoms. The van der Waals surface area contributed by atoms with Crippen molar-refractivity contribution in [1.82, 2.24) is 15.5 Å². The zero-order valence-electron chi connectivity index (χ0n) is 16.8. The number of hydrogen-bond donors (Lipinski definition) is 2. The Kier molecular flexibility index (Phi) is 11.0. The zero-order chi connectivity index (χ0) is 18.1. The number of rotatable bonds is 7. The highest BCUT2D eigenvalue weighted by Crippen LogP contribution is 2.18. The molecule has 0 aromatic heterocycles. The first kappa shape index (κ1) is 23.0. The Hall–Kier alpha value is -1.02. The summed E-state index contributed by atoms with van der Waals surface area (Å²) in [6.07, 6.45) is 5.34. The van der Waals surface area contributed by atoms with Crippen molar-refractivity contribution in [1.29, 1.82) is 0 Å². The third-order valence-electron chi connectivity index (χ3n) is 5.05. The molecule has 26 heavy (non-hydrogen) atoms. The van der Waals surface area contributed by atoms with Gasteiger partial charge in [-0.15, -0.1) is 24.0 Å². The number of halogens is 1. The molecular formula is C20H36IN5. The second kappa shape index (κ2) is 12.4. The van der Waals surface area contributed by atoms with Crippen molar-refractivity contribution in [2.24, 2.45) is 4.99 Å². The molecule has 0 amide bonds. The van der Waals surface area contributed by atoms with Gasteiger partial charge in [0.05, 0.1) is 0 Å². The smallest absolute Gasteiger partial charge is 0.191 e. The molecule has 1 fully saturated rings. The first-order valence-electron chi connectivity index (χ1n) is 9.59. The van der Waals surface area contributed by atoms with E-state index >= 15 is 0 Å². The summed E-state index contributed by atoms with van der Waals surface area (Å²) in [5, 5.41) is 6.85. The number of nitrogens with zero attached hydrogens (tertiary/aromatic N) is 3. The first-order chi connectivity index (χ1) is 12.1. The molecule has 1 heterocycles.